The maximum Gasteiger partial charge on any atom is 0.199 e. The highest BCUT2D eigenvalue weighted by atomic mass is 16.3. The molecule has 1 aromatic carbocycles. The Balaban J connectivity index is 1.71. The van der Waals surface area contributed by atoms with E-state index in [0.717, 1.165) is 22.9 Å². The molecule has 0 radical (unpaired) electrons. The molecule has 2 fully saturated rings. The molecule has 4 rings (SSSR count). The average Bonchev–Trinajstić information content (AvgIpc) is 2.78. The van der Waals surface area contributed by atoms with Crippen molar-refractivity contribution < 1.29 is 4.42 Å². The zero-order chi connectivity index (χ0) is 12.2. The number of hydrogen-bond donors (Lipinski definition) is 0. The van der Waals surface area contributed by atoms with Gasteiger partial charge in [0.2, 0.25) is 0 Å². The minimum atomic E-state index is 0.527. The maximum atomic E-state index is 5.98. The van der Waals surface area contributed by atoms with Crippen LogP contribution in [0.4, 0.5) is 0 Å². The van der Waals surface area contributed by atoms with Crippen molar-refractivity contribution in [2.24, 2.45) is 11.3 Å². The summed E-state index contributed by atoms with van der Waals surface area (Å²) in [5.74, 6) is 2.32. The molecule has 0 unspecified atom stereocenters. The summed E-state index contributed by atoms with van der Waals surface area (Å²) < 4.78 is 5.98. The zero-order valence-corrected chi connectivity index (χ0v) is 10.9. The van der Waals surface area contributed by atoms with E-state index >= 15 is 0 Å². The van der Waals surface area contributed by atoms with Gasteiger partial charge < -0.3 is 4.42 Å². The quantitative estimate of drug-likeness (QED) is 0.734. The van der Waals surface area contributed by atoms with Crippen LogP contribution in [0.3, 0.4) is 0 Å². The predicted octanol–water partition coefficient (Wildman–Crippen LogP) is 4.51. The molecule has 2 aromatic rings. The summed E-state index contributed by atoms with van der Waals surface area (Å²) in [5, 5.41) is 0. The van der Waals surface area contributed by atoms with Gasteiger partial charge in [-0.15, -0.1) is 0 Å². The molecule has 2 nitrogen and oxygen atoms in total. The van der Waals surface area contributed by atoms with Crippen LogP contribution < -0.4 is 0 Å². The molecule has 0 amide bonds. The summed E-state index contributed by atoms with van der Waals surface area (Å²) in [7, 11) is 0. The molecule has 2 heteroatoms. The lowest BCUT2D eigenvalue weighted by Crippen LogP contribution is -2.10. The smallest absolute Gasteiger partial charge is 0.199 e. The van der Waals surface area contributed by atoms with Gasteiger partial charge in [-0.3, -0.25) is 0 Å². The molecule has 2 saturated carbocycles. The van der Waals surface area contributed by atoms with Crippen molar-refractivity contribution in [1.29, 1.82) is 0 Å². The van der Waals surface area contributed by atoms with Crippen molar-refractivity contribution in [2.45, 2.75) is 44.9 Å². The van der Waals surface area contributed by atoms with Gasteiger partial charge in [0.1, 0.15) is 5.52 Å². The molecule has 1 aromatic heterocycles. The highest BCUT2D eigenvalue weighted by Gasteiger charge is 2.63. The second kappa shape index (κ2) is 3.59. The van der Waals surface area contributed by atoms with Gasteiger partial charge in [0, 0.05) is 5.92 Å². The molecule has 1 heterocycles. The number of fused-ring (bicyclic) bond motifs is 1. The number of rotatable bonds is 1. The van der Waals surface area contributed by atoms with E-state index in [4.69, 9.17) is 9.40 Å². The first-order chi connectivity index (χ1) is 8.81. The summed E-state index contributed by atoms with van der Waals surface area (Å²) in [6.07, 6.45) is 6.94. The van der Waals surface area contributed by atoms with Gasteiger partial charge in [-0.2, -0.15) is 0 Å². The standard InChI is InChI=1S/C16H19NO/c1-11-14(16(11)9-5-2-6-10-16)15-17-12-7-3-4-8-13(12)18-15/h3-4,7-8,11,14H,2,5-6,9-10H2,1H3/t11-,14+/m1/s1. The fraction of sp³-hybridized carbons (Fsp3) is 0.562. The highest BCUT2D eigenvalue weighted by molar-refractivity contribution is 5.72. The minimum Gasteiger partial charge on any atom is -0.440 e. The van der Waals surface area contributed by atoms with Crippen LogP contribution in [0.2, 0.25) is 0 Å². The lowest BCUT2D eigenvalue weighted by molar-refractivity contribution is 0.299. The SMILES string of the molecule is C[C@@H]1[C@@H](c2nc3ccccc3o2)C12CCCCC2. The van der Waals surface area contributed by atoms with Gasteiger partial charge in [0.15, 0.2) is 11.5 Å². The molecule has 2 aliphatic carbocycles. The Morgan fingerprint density at radius 3 is 2.72 bits per heavy atom. The summed E-state index contributed by atoms with van der Waals surface area (Å²) in [5.41, 5.74) is 2.48. The van der Waals surface area contributed by atoms with Crippen molar-refractivity contribution in [3.05, 3.63) is 30.2 Å². The van der Waals surface area contributed by atoms with Gasteiger partial charge >= 0.3 is 0 Å². The van der Waals surface area contributed by atoms with Crippen LogP contribution in [0.15, 0.2) is 28.7 Å². The number of hydrogen-bond acceptors (Lipinski definition) is 2. The normalized spacial score (nSPS) is 29.8. The van der Waals surface area contributed by atoms with Crippen LogP contribution in [-0.2, 0) is 0 Å². The fourth-order valence-corrected chi connectivity index (χ4v) is 4.16. The van der Waals surface area contributed by atoms with E-state index in [1.807, 2.05) is 24.3 Å². The van der Waals surface area contributed by atoms with Crippen molar-refractivity contribution in [2.75, 3.05) is 0 Å². The molecule has 0 bridgehead atoms. The van der Waals surface area contributed by atoms with Crippen LogP contribution in [0.5, 0.6) is 0 Å². The Morgan fingerprint density at radius 1 is 1.17 bits per heavy atom. The number of benzene rings is 1. The van der Waals surface area contributed by atoms with Crippen molar-refractivity contribution >= 4 is 11.1 Å². The molecule has 2 atom stereocenters. The lowest BCUT2D eigenvalue weighted by atomic mass is 9.83. The van der Waals surface area contributed by atoms with Gasteiger partial charge in [-0.05, 0) is 36.3 Å². The zero-order valence-electron chi connectivity index (χ0n) is 10.9. The largest absolute Gasteiger partial charge is 0.440 e. The molecule has 0 aliphatic heterocycles. The van der Waals surface area contributed by atoms with Gasteiger partial charge in [-0.25, -0.2) is 4.98 Å². The van der Waals surface area contributed by atoms with Crippen molar-refractivity contribution in [3.63, 3.8) is 0 Å². The van der Waals surface area contributed by atoms with Gasteiger partial charge in [0.25, 0.3) is 0 Å². The van der Waals surface area contributed by atoms with E-state index in [-0.39, 0.29) is 0 Å². The Hall–Kier alpha value is -1.31. The van der Waals surface area contributed by atoms with E-state index in [2.05, 4.69) is 6.92 Å². The molecule has 0 N–H and O–H groups in total. The maximum absolute atomic E-state index is 5.98. The van der Waals surface area contributed by atoms with Gasteiger partial charge in [-0.1, -0.05) is 38.3 Å². The number of para-hydroxylation sites is 2. The van der Waals surface area contributed by atoms with Crippen LogP contribution in [0, 0.1) is 11.3 Å². The first kappa shape index (κ1) is 10.6. The van der Waals surface area contributed by atoms with Crippen molar-refractivity contribution in [3.8, 4) is 0 Å². The van der Waals surface area contributed by atoms with E-state index in [1.54, 1.807) is 0 Å². The number of aromatic nitrogens is 1. The average molecular weight is 241 g/mol. The van der Waals surface area contributed by atoms with E-state index in [0.29, 0.717) is 11.3 Å². The molecule has 94 valence electrons. The van der Waals surface area contributed by atoms with E-state index in [9.17, 15) is 0 Å². The Morgan fingerprint density at radius 2 is 1.94 bits per heavy atom. The first-order valence-electron chi connectivity index (χ1n) is 7.17. The second-order valence-corrected chi connectivity index (χ2v) is 6.08. The summed E-state index contributed by atoms with van der Waals surface area (Å²) >= 11 is 0. The molecule has 2 aliphatic rings. The number of nitrogens with zero attached hydrogens (tertiary/aromatic N) is 1. The summed E-state index contributed by atoms with van der Waals surface area (Å²) in [6, 6.07) is 8.11. The molecule has 0 saturated heterocycles. The Bertz CT molecular complexity index is 547. The summed E-state index contributed by atoms with van der Waals surface area (Å²) in [4.78, 5) is 4.71. The summed E-state index contributed by atoms with van der Waals surface area (Å²) in [6.45, 7) is 2.38. The second-order valence-electron chi connectivity index (χ2n) is 6.08. The van der Waals surface area contributed by atoms with E-state index < -0.39 is 0 Å². The van der Waals surface area contributed by atoms with Crippen molar-refractivity contribution in [1.82, 2.24) is 4.98 Å². The van der Waals surface area contributed by atoms with E-state index in [1.165, 1.54) is 32.1 Å². The Kier molecular flexibility index (Phi) is 2.12. The Labute approximate surface area is 107 Å². The van der Waals surface area contributed by atoms with Crippen LogP contribution >= 0.6 is 0 Å². The monoisotopic (exact) mass is 241 g/mol. The third-order valence-electron chi connectivity index (χ3n) is 5.28. The fourth-order valence-electron chi connectivity index (χ4n) is 4.16. The minimum absolute atomic E-state index is 0.527. The molecular formula is C16H19NO. The van der Waals surface area contributed by atoms with Crippen LogP contribution in [0.25, 0.3) is 11.1 Å². The number of oxazole rings is 1. The van der Waals surface area contributed by atoms with Gasteiger partial charge in [0.05, 0.1) is 0 Å². The first-order valence-corrected chi connectivity index (χ1v) is 7.17. The third kappa shape index (κ3) is 1.32. The molecule has 18 heavy (non-hydrogen) atoms. The highest BCUT2D eigenvalue weighted by Crippen LogP contribution is 2.70. The molecular weight excluding hydrogens is 222 g/mol. The third-order valence-corrected chi connectivity index (χ3v) is 5.28. The topological polar surface area (TPSA) is 26.0 Å². The van der Waals surface area contributed by atoms with Crippen LogP contribution in [-0.4, -0.2) is 4.98 Å². The molecule has 1 spiro atoms. The lowest BCUT2D eigenvalue weighted by Gasteiger charge is -2.22. The van der Waals surface area contributed by atoms with Crippen LogP contribution in [0.1, 0.15) is 50.8 Å². The predicted molar refractivity (Wildman–Crippen MR) is 71.4 cm³/mol.